The molecule has 0 radical (unpaired) electrons. The third kappa shape index (κ3) is 4.11. The number of aromatic nitrogens is 2. The molecule has 1 heterocycles. The molecule has 0 bridgehead atoms. The number of nitrogens with zero attached hydrogens (tertiary/aromatic N) is 2. The van der Waals surface area contributed by atoms with E-state index < -0.39 is 0 Å². The molecule has 0 aliphatic heterocycles. The lowest BCUT2D eigenvalue weighted by molar-refractivity contribution is 0.154. The van der Waals surface area contributed by atoms with Crippen LogP contribution in [0.1, 0.15) is 62.9 Å². The normalized spacial score (nSPS) is 17.1. The molecule has 0 aromatic carbocycles. The van der Waals surface area contributed by atoms with Crippen LogP contribution in [0, 0.1) is 25.2 Å². The molecule has 0 amide bonds. The zero-order valence-electron chi connectivity index (χ0n) is 14.8. The number of aliphatic hydroxyl groups excluding tert-OH is 1. The van der Waals surface area contributed by atoms with E-state index in [1.807, 2.05) is 4.68 Å². The van der Waals surface area contributed by atoms with Crippen LogP contribution in [-0.2, 0) is 13.1 Å². The van der Waals surface area contributed by atoms with Gasteiger partial charge in [-0.25, -0.2) is 0 Å². The Morgan fingerprint density at radius 3 is 2.55 bits per heavy atom. The van der Waals surface area contributed by atoms with E-state index >= 15 is 0 Å². The van der Waals surface area contributed by atoms with Crippen LogP contribution in [0.15, 0.2) is 0 Å². The van der Waals surface area contributed by atoms with Crippen LogP contribution in [0.25, 0.3) is 0 Å². The summed E-state index contributed by atoms with van der Waals surface area (Å²) in [6.07, 6.45) is 7.01. The molecule has 2 N–H and O–H groups in total. The second-order valence-corrected chi connectivity index (χ2v) is 7.52. The maximum absolute atomic E-state index is 9.09. The average molecular weight is 307 g/mol. The van der Waals surface area contributed by atoms with Gasteiger partial charge in [0, 0.05) is 24.3 Å². The lowest BCUT2D eigenvalue weighted by atomic mass is 9.71. The quantitative estimate of drug-likeness (QED) is 0.813. The topological polar surface area (TPSA) is 50.1 Å². The molecule has 1 aliphatic carbocycles. The minimum Gasteiger partial charge on any atom is -0.394 e. The first kappa shape index (κ1) is 17.5. The summed E-state index contributed by atoms with van der Waals surface area (Å²) in [5, 5.41) is 17.3. The summed E-state index contributed by atoms with van der Waals surface area (Å²) in [6.45, 7) is 11.6. The van der Waals surface area contributed by atoms with Crippen LogP contribution in [0.3, 0.4) is 0 Å². The lowest BCUT2D eigenvalue weighted by Crippen LogP contribution is -2.36. The van der Waals surface area contributed by atoms with Crippen LogP contribution in [0.2, 0.25) is 0 Å². The van der Waals surface area contributed by atoms with Gasteiger partial charge in [0.2, 0.25) is 0 Å². The number of aliphatic hydroxyl groups is 1. The minimum atomic E-state index is 0.142. The highest BCUT2D eigenvalue weighted by atomic mass is 16.3. The second kappa shape index (κ2) is 7.60. The van der Waals surface area contributed by atoms with Crippen molar-refractivity contribution in [1.82, 2.24) is 15.1 Å². The Morgan fingerprint density at radius 1 is 1.23 bits per heavy atom. The van der Waals surface area contributed by atoms with E-state index in [4.69, 9.17) is 5.11 Å². The van der Waals surface area contributed by atoms with Crippen molar-refractivity contribution in [3.63, 3.8) is 0 Å². The highest BCUT2D eigenvalue weighted by Gasteiger charge is 2.30. The maximum Gasteiger partial charge on any atom is 0.0644 e. The monoisotopic (exact) mass is 307 g/mol. The molecule has 1 aromatic rings. The van der Waals surface area contributed by atoms with Gasteiger partial charge < -0.3 is 10.4 Å². The summed E-state index contributed by atoms with van der Waals surface area (Å²) < 4.78 is 1.92. The average Bonchev–Trinajstić information content (AvgIpc) is 2.76. The van der Waals surface area contributed by atoms with Crippen molar-refractivity contribution in [2.75, 3.05) is 13.2 Å². The molecular weight excluding hydrogens is 274 g/mol. The van der Waals surface area contributed by atoms with Crippen molar-refractivity contribution >= 4 is 0 Å². The second-order valence-electron chi connectivity index (χ2n) is 7.52. The van der Waals surface area contributed by atoms with Gasteiger partial charge in [-0.1, -0.05) is 33.1 Å². The molecule has 1 aliphatic rings. The zero-order valence-corrected chi connectivity index (χ0v) is 14.8. The first-order valence-electron chi connectivity index (χ1n) is 8.80. The summed E-state index contributed by atoms with van der Waals surface area (Å²) in [6, 6.07) is 0. The highest BCUT2D eigenvalue weighted by molar-refractivity contribution is 5.24. The van der Waals surface area contributed by atoms with Crippen molar-refractivity contribution < 1.29 is 5.11 Å². The third-order valence-electron chi connectivity index (χ3n) is 5.44. The molecule has 0 atom stereocenters. The number of aryl methyl sites for hydroxylation is 1. The summed E-state index contributed by atoms with van der Waals surface area (Å²) in [5.74, 6) is 0.855. The molecule has 4 nitrogen and oxygen atoms in total. The van der Waals surface area contributed by atoms with Crippen LogP contribution < -0.4 is 5.32 Å². The summed E-state index contributed by atoms with van der Waals surface area (Å²) in [7, 11) is 0. The SMILES string of the molecule is Cc1nn(CCO)c(C)c1CNCC(C)(C)C1CCCCC1. The molecule has 0 saturated heterocycles. The Bertz CT molecular complexity index is 473. The van der Waals surface area contributed by atoms with E-state index in [0.717, 1.165) is 24.7 Å². The Hall–Kier alpha value is -0.870. The molecule has 1 aromatic heterocycles. The Labute approximate surface area is 135 Å². The first-order chi connectivity index (χ1) is 10.5. The van der Waals surface area contributed by atoms with Crippen LogP contribution in [0.4, 0.5) is 0 Å². The predicted molar refractivity (Wildman–Crippen MR) is 90.8 cm³/mol. The molecule has 1 fully saturated rings. The van der Waals surface area contributed by atoms with E-state index in [1.54, 1.807) is 0 Å². The Morgan fingerprint density at radius 2 is 1.91 bits per heavy atom. The van der Waals surface area contributed by atoms with Crippen molar-refractivity contribution in [1.29, 1.82) is 0 Å². The Kier molecular flexibility index (Phi) is 6.04. The Balaban J connectivity index is 1.90. The third-order valence-corrected chi connectivity index (χ3v) is 5.44. The van der Waals surface area contributed by atoms with Crippen molar-refractivity contribution in [3.05, 3.63) is 17.0 Å². The van der Waals surface area contributed by atoms with Gasteiger partial charge in [0.1, 0.15) is 0 Å². The molecule has 4 heteroatoms. The number of hydrogen-bond donors (Lipinski definition) is 2. The standard InChI is InChI=1S/C18H33N3O/c1-14-17(15(2)21(20-14)10-11-22)12-19-13-18(3,4)16-8-6-5-7-9-16/h16,19,22H,5-13H2,1-4H3. The fourth-order valence-corrected chi connectivity index (χ4v) is 3.84. The highest BCUT2D eigenvalue weighted by Crippen LogP contribution is 2.37. The zero-order chi connectivity index (χ0) is 16.2. The lowest BCUT2D eigenvalue weighted by Gasteiger charge is -2.37. The molecule has 0 spiro atoms. The van der Waals surface area contributed by atoms with E-state index in [9.17, 15) is 0 Å². The van der Waals surface area contributed by atoms with E-state index in [1.165, 1.54) is 43.4 Å². The van der Waals surface area contributed by atoms with Gasteiger partial charge in [0.05, 0.1) is 18.8 Å². The maximum atomic E-state index is 9.09. The van der Waals surface area contributed by atoms with E-state index in [2.05, 4.69) is 38.1 Å². The fourth-order valence-electron chi connectivity index (χ4n) is 3.84. The predicted octanol–water partition coefficient (Wildman–Crippen LogP) is 3.19. The van der Waals surface area contributed by atoms with Crippen LogP contribution in [-0.4, -0.2) is 28.0 Å². The largest absolute Gasteiger partial charge is 0.394 e. The van der Waals surface area contributed by atoms with Crippen LogP contribution in [0.5, 0.6) is 0 Å². The van der Waals surface area contributed by atoms with Crippen molar-refractivity contribution in [3.8, 4) is 0 Å². The molecular formula is C18H33N3O. The number of nitrogens with one attached hydrogen (secondary N) is 1. The number of rotatable bonds is 7. The fraction of sp³-hybridized carbons (Fsp3) is 0.833. The molecule has 22 heavy (non-hydrogen) atoms. The summed E-state index contributed by atoms with van der Waals surface area (Å²) in [4.78, 5) is 0. The minimum absolute atomic E-state index is 0.142. The van der Waals surface area contributed by atoms with E-state index in [-0.39, 0.29) is 6.61 Å². The summed E-state index contributed by atoms with van der Waals surface area (Å²) in [5.41, 5.74) is 3.90. The van der Waals surface area contributed by atoms with E-state index in [0.29, 0.717) is 12.0 Å². The summed E-state index contributed by atoms with van der Waals surface area (Å²) >= 11 is 0. The van der Waals surface area contributed by atoms with Gasteiger partial charge in [-0.2, -0.15) is 5.10 Å². The van der Waals surface area contributed by atoms with Gasteiger partial charge in [0.15, 0.2) is 0 Å². The van der Waals surface area contributed by atoms with Gasteiger partial charge in [-0.15, -0.1) is 0 Å². The van der Waals surface area contributed by atoms with Crippen molar-refractivity contribution in [2.24, 2.45) is 11.3 Å². The van der Waals surface area contributed by atoms with Gasteiger partial charge >= 0.3 is 0 Å². The van der Waals surface area contributed by atoms with Gasteiger partial charge in [-0.3, -0.25) is 4.68 Å². The molecule has 1 saturated carbocycles. The van der Waals surface area contributed by atoms with Gasteiger partial charge in [0.25, 0.3) is 0 Å². The van der Waals surface area contributed by atoms with Crippen molar-refractivity contribution in [2.45, 2.75) is 72.9 Å². The number of hydrogen-bond acceptors (Lipinski definition) is 3. The van der Waals surface area contributed by atoms with Crippen LogP contribution >= 0.6 is 0 Å². The molecule has 2 rings (SSSR count). The molecule has 126 valence electrons. The smallest absolute Gasteiger partial charge is 0.0644 e. The van der Waals surface area contributed by atoms with Gasteiger partial charge in [-0.05, 0) is 38.0 Å². The molecule has 0 unspecified atom stereocenters. The first-order valence-corrected chi connectivity index (χ1v) is 8.80.